The molecule has 0 radical (unpaired) electrons. The van der Waals surface area contributed by atoms with Crippen LogP contribution in [0.2, 0.25) is 0 Å². The van der Waals surface area contributed by atoms with E-state index in [0.717, 1.165) is 45.4 Å². The number of rotatable bonds is 4. The quantitative estimate of drug-likeness (QED) is 0.256. The molecule has 202 valence electrons. The summed E-state index contributed by atoms with van der Waals surface area (Å²) < 4.78 is 7.42. The maximum absolute atomic E-state index is 10.4. The van der Waals surface area contributed by atoms with Crippen molar-refractivity contribution >= 4 is 34.6 Å². The molecule has 2 aliphatic rings. The van der Waals surface area contributed by atoms with Gasteiger partial charge in [0.1, 0.15) is 0 Å². The van der Waals surface area contributed by atoms with Gasteiger partial charge >= 0.3 is 0 Å². The number of phenols is 1. The van der Waals surface area contributed by atoms with Gasteiger partial charge < -0.3 is 20.1 Å². The Morgan fingerprint density at radius 1 is 0.854 bits per heavy atom. The van der Waals surface area contributed by atoms with E-state index < -0.39 is 0 Å². The monoisotopic (exact) mass is 540 g/mol. The minimum Gasteiger partial charge on any atom is -0.504 e. The molecule has 0 bridgehead atoms. The topological polar surface area (TPSA) is 87.3 Å². The number of hydrogen-bond donors (Lipinski definition) is 2. The second-order valence-corrected chi connectivity index (χ2v) is 10.1. The lowest BCUT2D eigenvalue weighted by Crippen LogP contribution is -2.46. The van der Waals surface area contributed by atoms with Crippen LogP contribution in [0.1, 0.15) is 28.4 Å². The molecule has 0 spiro atoms. The summed E-state index contributed by atoms with van der Waals surface area (Å²) in [4.78, 5) is 12.5. The van der Waals surface area contributed by atoms with Crippen LogP contribution in [0.15, 0.2) is 107 Å². The molecule has 3 heterocycles. The maximum Gasteiger partial charge on any atom is 0.179 e. The summed E-state index contributed by atoms with van der Waals surface area (Å²) in [6.45, 7) is 4.08. The SMILES string of the molecule is COc1cc(C2c3c(C)nn(-c4ccccc4)c3N=C3C(Nc4ccc(C)cc4)=Nc4ccccc4N32)ccc1O. The zero-order chi connectivity index (χ0) is 28.1. The Hall–Kier alpha value is -5.37. The predicted octanol–water partition coefficient (Wildman–Crippen LogP) is 7.00. The summed E-state index contributed by atoms with van der Waals surface area (Å²) in [5, 5.41) is 18.9. The van der Waals surface area contributed by atoms with Crippen molar-refractivity contribution < 1.29 is 9.84 Å². The number of hydrogen-bond acceptors (Lipinski definition) is 7. The number of nitrogens with zero attached hydrogens (tertiary/aromatic N) is 5. The van der Waals surface area contributed by atoms with Gasteiger partial charge in [0.2, 0.25) is 0 Å². The fourth-order valence-electron chi connectivity index (χ4n) is 5.50. The minimum absolute atomic E-state index is 0.0835. The summed E-state index contributed by atoms with van der Waals surface area (Å²) in [7, 11) is 1.56. The van der Waals surface area contributed by atoms with E-state index in [2.05, 4.69) is 35.3 Å². The van der Waals surface area contributed by atoms with Crippen molar-refractivity contribution in [3.8, 4) is 17.2 Å². The lowest BCUT2D eigenvalue weighted by atomic mass is 9.93. The highest BCUT2D eigenvalue weighted by molar-refractivity contribution is 6.51. The van der Waals surface area contributed by atoms with Gasteiger partial charge in [0.05, 0.1) is 35.9 Å². The smallest absolute Gasteiger partial charge is 0.179 e. The standard InChI is InChI=1S/C33H28N6O2/c1-20-13-16-23(17-14-20)34-31-33-36-32-29(21(2)37-39(32)24-9-5-4-6-10-24)30(22-15-18-27(40)28(19-22)41-3)38(33)26-12-8-7-11-25(26)35-31/h4-19,30,40H,1-3H3,(H,34,35). The summed E-state index contributed by atoms with van der Waals surface area (Å²) in [5.74, 6) is 2.52. The lowest BCUT2D eigenvalue weighted by molar-refractivity contribution is 0.372. The second-order valence-electron chi connectivity index (χ2n) is 10.1. The van der Waals surface area contributed by atoms with Crippen molar-refractivity contribution in [1.82, 2.24) is 9.78 Å². The second kappa shape index (κ2) is 9.67. The van der Waals surface area contributed by atoms with E-state index >= 15 is 0 Å². The molecule has 0 saturated heterocycles. The third-order valence-corrected chi connectivity index (χ3v) is 7.47. The number of anilines is 2. The van der Waals surface area contributed by atoms with E-state index in [1.807, 2.05) is 84.4 Å². The van der Waals surface area contributed by atoms with E-state index in [9.17, 15) is 5.11 Å². The van der Waals surface area contributed by atoms with Gasteiger partial charge in [-0.3, -0.25) is 0 Å². The lowest BCUT2D eigenvalue weighted by Gasteiger charge is -2.40. The summed E-state index contributed by atoms with van der Waals surface area (Å²) >= 11 is 0. The molecule has 0 fully saturated rings. The zero-order valence-electron chi connectivity index (χ0n) is 22.9. The van der Waals surface area contributed by atoms with Crippen LogP contribution in [0, 0.1) is 13.8 Å². The number of nitrogens with one attached hydrogen (secondary N) is 1. The van der Waals surface area contributed by atoms with Crippen molar-refractivity contribution in [2.45, 2.75) is 19.9 Å². The normalized spacial score (nSPS) is 15.3. The van der Waals surface area contributed by atoms with E-state index in [-0.39, 0.29) is 11.8 Å². The first-order valence-electron chi connectivity index (χ1n) is 13.4. The Morgan fingerprint density at radius 3 is 2.39 bits per heavy atom. The van der Waals surface area contributed by atoms with Gasteiger partial charge in [0.15, 0.2) is 29.0 Å². The first-order chi connectivity index (χ1) is 20.0. The predicted molar refractivity (Wildman–Crippen MR) is 163 cm³/mol. The summed E-state index contributed by atoms with van der Waals surface area (Å²) in [5.41, 5.74) is 7.51. The number of para-hydroxylation sites is 3. The molecule has 2 N–H and O–H groups in total. The third-order valence-electron chi connectivity index (χ3n) is 7.47. The van der Waals surface area contributed by atoms with Gasteiger partial charge in [0.25, 0.3) is 0 Å². The van der Waals surface area contributed by atoms with E-state index in [4.69, 9.17) is 19.8 Å². The molecule has 8 nitrogen and oxygen atoms in total. The van der Waals surface area contributed by atoms with Crippen molar-refractivity contribution in [2.75, 3.05) is 17.3 Å². The third kappa shape index (κ3) is 4.12. The average molecular weight is 541 g/mol. The van der Waals surface area contributed by atoms with E-state index in [1.165, 1.54) is 5.56 Å². The highest BCUT2D eigenvalue weighted by Crippen LogP contribution is 2.49. The molecule has 5 aromatic rings. The Bertz CT molecular complexity index is 1840. The van der Waals surface area contributed by atoms with Crippen LogP contribution in [0.5, 0.6) is 11.5 Å². The van der Waals surface area contributed by atoms with Crippen LogP contribution >= 0.6 is 0 Å². The van der Waals surface area contributed by atoms with E-state index in [0.29, 0.717) is 17.4 Å². The number of ether oxygens (including phenoxy) is 1. The minimum atomic E-state index is -0.323. The van der Waals surface area contributed by atoms with Crippen LogP contribution in [-0.4, -0.2) is 33.7 Å². The Morgan fingerprint density at radius 2 is 1.61 bits per heavy atom. The van der Waals surface area contributed by atoms with Gasteiger partial charge in [-0.15, -0.1) is 0 Å². The average Bonchev–Trinajstić information content (AvgIpc) is 3.34. The molecule has 4 aromatic carbocycles. The van der Waals surface area contributed by atoms with Gasteiger partial charge in [-0.2, -0.15) is 5.10 Å². The van der Waals surface area contributed by atoms with Crippen LogP contribution in [0.3, 0.4) is 0 Å². The largest absolute Gasteiger partial charge is 0.504 e. The number of aliphatic imine (C=N–C) groups is 2. The van der Waals surface area contributed by atoms with Gasteiger partial charge in [-0.1, -0.05) is 54.1 Å². The van der Waals surface area contributed by atoms with Gasteiger partial charge in [0, 0.05) is 11.3 Å². The maximum atomic E-state index is 10.4. The van der Waals surface area contributed by atoms with Crippen LogP contribution in [0.25, 0.3) is 5.69 Å². The number of aromatic nitrogens is 2. The molecule has 1 aromatic heterocycles. The Labute approximate surface area is 237 Å². The zero-order valence-corrected chi connectivity index (χ0v) is 22.9. The molecule has 0 amide bonds. The number of amidine groups is 2. The molecule has 1 atom stereocenters. The molecule has 41 heavy (non-hydrogen) atoms. The van der Waals surface area contributed by atoms with Crippen molar-refractivity contribution in [3.05, 3.63) is 119 Å². The number of methoxy groups -OCH3 is 1. The highest BCUT2D eigenvalue weighted by atomic mass is 16.5. The molecule has 1 unspecified atom stereocenters. The first-order valence-corrected chi connectivity index (χ1v) is 13.4. The number of aryl methyl sites for hydroxylation is 2. The number of phenolic OH excluding ortho intramolecular Hbond substituents is 1. The summed E-state index contributed by atoms with van der Waals surface area (Å²) in [6, 6.07) is 31.4. The molecular formula is C33H28N6O2. The first kappa shape index (κ1) is 24.7. The fourth-order valence-corrected chi connectivity index (χ4v) is 5.50. The highest BCUT2D eigenvalue weighted by Gasteiger charge is 2.41. The van der Waals surface area contributed by atoms with Crippen molar-refractivity contribution in [2.24, 2.45) is 9.98 Å². The molecule has 8 heteroatoms. The van der Waals surface area contributed by atoms with Crippen molar-refractivity contribution in [1.29, 1.82) is 0 Å². The van der Waals surface area contributed by atoms with Gasteiger partial charge in [-0.05, 0) is 67.9 Å². The van der Waals surface area contributed by atoms with Crippen molar-refractivity contribution in [3.63, 3.8) is 0 Å². The number of benzene rings is 4. The van der Waals surface area contributed by atoms with Crippen LogP contribution in [0.4, 0.5) is 22.9 Å². The molecule has 0 saturated carbocycles. The van der Waals surface area contributed by atoms with E-state index in [1.54, 1.807) is 13.2 Å². The molecule has 0 aliphatic carbocycles. The molecule has 7 rings (SSSR count). The van der Waals surface area contributed by atoms with Gasteiger partial charge in [-0.25, -0.2) is 14.7 Å². The fraction of sp³-hybridized carbons (Fsp3) is 0.121. The summed E-state index contributed by atoms with van der Waals surface area (Å²) in [6.07, 6.45) is 0. The molecule has 2 aliphatic heterocycles. The Balaban J connectivity index is 1.50. The number of aromatic hydroxyl groups is 1. The number of fused-ring (bicyclic) bond motifs is 4. The van der Waals surface area contributed by atoms with Crippen LogP contribution < -0.4 is 15.0 Å². The Kier molecular flexibility index (Phi) is 5.82. The molecular weight excluding hydrogens is 512 g/mol. The van der Waals surface area contributed by atoms with Crippen LogP contribution in [-0.2, 0) is 0 Å².